The van der Waals surface area contributed by atoms with Gasteiger partial charge in [-0.05, 0) is 57.4 Å². The van der Waals surface area contributed by atoms with Crippen molar-refractivity contribution in [3.63, 3.8) is 0 Å². The maximum Gasteiger partial charge on any atom is 0.246 e. The Bertz CT molecular complexity index is 633. The predicted octanol–water partition coefficient (Wildman–Crippen LogP) is 4.85. The minimum atomic E-state index is -0.00463. The third-order valence-corrected chi connectivity index (χ3v) is 5.84. The van der Waals surface area contributed by atoms with Crippen LogP contribution in [0.5, 0.6) is 0 Å². The molecule has 0 radical (unpaired) electrons. The van der Waals surface area contributed by atoms with Gasteiger partial charge in [0.2, 0.25) is 5.91 Å². The molecular formula is C23H37N3O. The molecule has 150 valence electrons. The van der Waals surface area contributed by atoms with E-state index in [2.05, 4.69) is 37.9 Å². The van der Waals surface area contributed by atoms with Crippen LogP contribution in [0.15, 0.2) is 18.2 Å². The van der Waals surface area contributed by atoms with Gasteiger partial charge in [0, 0.05) is 37.9 Å². The molecule has 0 N–H and O–H groups in total. The molecule has 4 heteroatoms. The molecule has 0 aromatic carbocycles. The van der Waals surface area contributed by atoms with Gasteiger partial charge in [-0.2, -0.15) is 0 Å². The van der Waals surface area contributed by atoms with E-state index in [-0.39, 0.29) is 11.9 Å². The van der Waals surface area contributed by atoms with Crippen molar-refractivity contribution in [1.82, 2.24) is 14.8 Å². The first-order chi connectivity index (χ1) is 12.9. The molecule has 4 nitrogen and oxygen atoms in total. The Morgan fingerprint density at radius 1 is 1.22 bits per heavy atom. The van der Waals surface area contributed by atoms with E-state index in [9.17, 15) is 4.79 Å². The number of carbonyl (C=O) groups excluding carboxylic acids is 1. The van der Waals surface area contributed by atoms with E-state index >= 15 is 0 Å². The van der Waals surface area contributed by atoms with E-state index in [4.69, 9.17) is 4.98 Å². The molecule has 1 heterocycles. The fourth-order valence-electron chi connectivity index (χ4n) is 3.84. The van der Waals surface area contributed by atoms with Gasteiger partial charge in [0.05, 0.1) is 5.69 Å². The standard InChI is InChI=1S/C23H37N3O/c1-6-7-11-19-14-15-21(22(24-19)16-17-23(27)25(3)4)18(2)26(5)20-12-9-8-10-13-20/h14-18,20H,6-13H2,1-5H3/b17-16+. The zero-order valence-corrected chi connectivity index (χ0v) is 17.9. The fraction of sp³-hybridized carbons (Fsp3) is 0.652. The van der Waals surface area contributed by atoms with Gasteiger partial charge in [-0.25, -0.2) is 0 Å². The number of aromatic nitrogens is 1. The third-order valence-electron chi connectivity index (χ3n) is 5.84. The average Bonchev–Trinajstić information content (AvgIpc) is 2.69. The van der Waals surface area contributed by atoms with Crippen LogP contribution in [0, 0.1) is 0 Å². The number of hydrogen-bond acceptors (Lipinski definition) is 3. The SMILES string of the molecule is CCCCc1ccc(C(C)N(C)C2CCCCC2)c(/C=C/C(=O)N(C)C)n1. The van der Waals surface area contributed by atoms with Crippen LogP contribution in [0.2, 0.25) is 0 Å². The summed E-state index contributed by atoms with van der Waals surface area (Å²) in [5.74, 6) is -0.00463. The van der Waals surface area contributed by atoms with Gasteiger partial charge in [0.15, 0.2) is 0 Å². The Hall–Kier alpha value is -1.68. The molecule has 1 saturated carbocycles. The molecule has 2 rings (SSSR count). The van der Waals surface area contributed by atoms with Crippen molar-refractivity contribution in [3.05, 3.63) is 35.2 Å². The van der Waals surface area contributed by atoms with Crippen LogP contribution in [0.25, 0.3) is 6.08 Å². The number of pyridine rings is 1. The van der Waals surface area contributed by atoms with Gasteiger partial charge >= 0.3 is 0 Å². The van der Waals surface area contributed by atoms with E-state index in [1.165, 1.54) is 37.7 Å². The maximum atomic E-state index is 12.0. The molecule has 1 unspecified atom stereocenters. The van der Waals surface area contributed by atoms with Crippen LogP contribution in [0.4, 0.5) is 0 Å². The first-order valence-corrected chi connectivity index (χ1v) is 10.5. The topological polar surface area (TPSA) is 36.4 Å². The van der Waals surface area contributed by atoms with Crippen LogP contribution >= 0.6 is 0 Å². The summed E-state index contributed by atoms with van der Waals surface area (Å²) in [6.45, 7) is 4.47. The number of amides is 1. The molecule has 1 aromatic heterocycles. The Morgan fingerprint density at radius 3 is 2.56 bits per heavy atom. The van der Waals surface area contributed by atoms with Crippen molar-refractivity contribution in [2.45, 2.75) is 77.3 Å². The van der Waals surface area contributed by atoms with Gasteiger partial charge in [-0.3, -0.25) is 14.7 Å². The van der Waals surface area contributed by atoms with E-state index in [0.29, 0.717) is 6.04 Å². The minimum absolute atomic E-state index is 0.00463. The van der Waals surface area contributed by atoms with Crippen molar-refractivity contribution in [1.29, 1.82) is 0 Å². The fourth-order valence-corrected chi connectivity index (χ4v) is 3.84. The number of nitrogens with zero attached hydrogens (tertiary/aromatic N) is 3. The lowest BCUT2D eigenvalue weighted by molar-refractivity contribution is -0.123. The quantitative estimate of drug-likeness (QED) is 0.613. The van der Waals surface area contributed by atoms with Gasteiger partial charge in [-0.15, -0.1) is 0 Å². The highest BCUT2D eigenvalue weighted by Gasteiger charge is 2.24. The van der Waals surface area contributed by atoms with Crippen molar-refractivity contribution >= 4 is 12.0 Å². The lowest BCUT2D eigenvalue weighted by atomic mass is 9.92. The Morgan fingerprint density at radius 2 is 1.93 bits per heavy atom. The van der Waals surface area contributed by atoms with E-state index < -0.39 is 0 Å². The third kappa shape index (κ3) is 6.17. The molecule has 1 aliphatic rings. The average molecular weight is 372 g/mol. The molecule has 0 aliphatic heterocycles. The minimum Gasteiger partial charge on any atom is -0.345 e. The van der Waals surface area contributed by atoms with Gasteiger partial charge in [-0.1, -0.05) is 38.7 Å². The lowest BCUT2D eigenvalue weighted by Crippen LogP contribution is -2.35. The largest absolute Gasteiger partial charge is 0.345 e. The summed E-state index contributed by atoms with van der Waals surface area (Å²) in [4.78, 5) is 21.0. The number of likely N-dealkylation sites (N-methyl/N-ethyl adjacent to an activating group) is 1. The summed E-state index contributed by atoms with van der Waals surface area (Å²) in [5.41, 5.74) is 3.27. The number of unbranched alkanes of at least 4 members (excludes halogenated alkanes) is 1. The van der Waals surface area contributed by atoms with E-state index in [1.807, 2.05) is 6.08 Å². The second-order valence-corrected chi connectivity index (χ2v) is 8.08. The number of aryl methyl sites for hydroxylation is 1. The molecule has 1 aromatic rings. The second kappa shape index (κ2) is 10.6. The van der Waals surface area contributed by atoms with Crippen molar-refractivity contribution in [2.24, 2.45) is 0 Å². The van der Waals surface area contributed by atoms with Gasteiger partial charge in [0.1, 0.15) is 0 Å². The normalized spacial score (nSPS) is 16.8. The monoisotopic (exact) mass is 371 g/mol. The highest BCUT2D eigenvalue weighted by Crippen LogP contribution is 2.30. The van der Waals surface area contributed by atoms with Crippen molar-refractivity contribution < 1.29 is 4.79 Å². The molecule has 1 aliphatic carbocycles. The number of hydrogen-bond donors (Lipinski definition) is 0. The molecule has 1 fully saturated rings. The summed E-state index contributed by atoms with van der Waals surface area (Å²) in [6, 6.07) is 5.33. The molecule has 1 amide bonds. The highest BCUT2D eigenvalue weighted by atomic mass is 16.2. The first kappa shape index (κ1) is 21.6. The zero-order chi connectivity index (χ0) is 19.8. The van der Waals surface area contributed by atoms with Crippen LogP contribution in [0.1, 0.15) is 81.8 Å². The predicted molar refractivity (Wildman–Crippen MR) is 114 cm³/mol. The summed E-state index contributed by atoms with van der Waals surface area (Å²) < 4.78 is 0. The van der Waals surface area contributed by atoms with E-state index in [1.54, 1.807) is 25.1 Å². The summed E-state index contributed by atoms with van der Waals surface area (Å²) in [5, 5.41) is 0. The van der Waals surface area contributed by atoms with Gasteiger partial charge < -0.3 is 4.90 Å². The number of carbonyl (C=O) groups is 1. The smallest absolute Gasteiger partial charge is 0.246 e. The zero-order valence-electron chi connectivity index (χ0n) is 17.9. The van der Waals surface area contributed by atoms with Crippen LogP contribution in [0.3, 0.4) is 0 Å². The van der Waals surface area contributed by atoms with Crippen molar-refractivity contribution in [2.75, 3.05) is 21.1 Å². The maximum absolute atomic E-state index is 12.0. The summed E-state index contributed by atoms with van der Waals surface area (Å²) in [6.07, 6.45) is 13.4. The van der Waals surface area contributed by atoms with Crippen LogP contribution in [-0.2, 0) is 11.2 Å². The van der Waals surface area contributed by atoms with Crippen LogP contribution < -0.4 is 0 Å². The lowest BCUT2D eigenvalue weighted by Gasteiger charge is -2.36. The Labute approximate surface area is 165 Å². The van der Waals surface area contributed by atoms with Gasteiger partial charge in [0.25, 0.3) is 0 Å². The van der Waals surface area contributed by atoms with E-state index in [0.717, 1.165) is 30.7 Å². The Balaban J connectivity index is 2.27. The molecule has 0 saturated heterocycles. The molecular weight excluding hydrogens is 334 g/mol. The summed E-state index contributed by atoms with van der Waals surface area (Å²) in [7, 11) is 5.79. The molecule has 0 bridgehead atoms. The van der Waals surface area contributed by atoms with Crippen LogP contribution in [-0.4, -0.2) is 47.9 Å². The highest BCUT2D eigenvalue weighted by molar-refractivity contribution is 5.91. The number of rotatable bonds is 8. The van der Waals surface area contributed by atoms with Crippen molar-refractivity contribution in [3.8, 4) is 0 Å². The Kier molecular flexibility index (Phi) is 8.49. The second-order valence-electron chi connectivity index (χ2n) is 8.08. The summed E-state index contributed by atoms with van der Waals surface area (Å²) >= 11 is 0. The first-order valence-electron chi connectivity index (χ1n) is 10.5. The molecule has 0 spiro atoms. The molecule has 1 atom stereocenters. The molecule has 27 heavy (non-hydrogen) atoms.